The lowest BCUT2D eigenvalue weighted by Crippen LogP contribution is -1.95. The molecule has 0 saturated heterocycles. The van der Waals surface area contributed by atoms with Crippen LogP contribution >= 0.6 is 0 Å². The van der Waals surface area contributed by atoms with E-state index in [1.54, 1.807) is 7.05 Å². The van der Waals surface area contributed by atoms with Crippen LogP contribution in [0.4, 0.5) is 0 Å². The van der Waals surface area contributed by atoms with Gasteiger partial charge >= 0.3 is 0 Å². The van der Waals surface area contributed by atoms with E-state index in [4.69, 9.17) is 0 Å². The van der Waals surface area contributed by atoms with E-state index in [1.165, 1.54) is 5.56 Å². The van der Waals surface area contributed by atoms with Crippen LogP contribution in [0.15, 0.2) is 29.4 Å². The average Bonchev–Trinajstić information content (AvgIpc) is 2.29. The van der Waals surface area contributed by atoms with E-state index < -0.39 is 0 Å². The van der Waals surface area contributed by atoms with Gasteiger partial charge in [-0.2, -0.15) is 0 Å². The predicted octanol–water partition coefficient (Wildman–Crippen LogP) is 3.77. The summed E-state index contributed by atoms with van der Waals surface area (Å²) in [6, 6.07) is 4.25. The van der Waals surface area contributed by atoms with E-state index in [2.05, 4.69) is 49.0 Å². The molecule has 2 nitrogen and oxygen atoms in total. The fourth-order valence-corrected chi connectivity index (χ4v) is 1.77. The molecule has 0 radical (unpaired) electrons. The quantitative estimate of drug-likeness (QED) is 0.707. The summed E-state index contributed by atoms with van der Waals surface area (Å²) in [5.41, 5.74) is 3.48. The minimum absolute atomic E-state index is 0.500. The number of rotatable bonds is 5. The van der Waals surface area contributed by atoms with Crippen LogP contribution in [-0.4, -0.2) is 18.2 Å². The van der Waals surface area contributed by atoms with Crippen molar-refractivity contribution in [2.24, 2.45) is 10.9 Å². The van der Waals surface area contributed by atoms with Crippen LogP contribution in [-0.2, 0) is 6.42 Å². The Kier molecular flexibility index (Phi) is 5.61. The molecule has 2 heteroatoms. The molecule has 0 aliphatic heterocycles. The molecule has 1 rings (SSSR count). The third kappa shape index (κ3) is 4.51. The second-order valence-electron chi connectivity index (χ2n) is 4.55. The maximum Gasteiger partial charge on any atom is 0.0716 e. The van der Waals surface area contributed by atoms with Crippen molar-refractivity contribution in [1.29, 1.82) is 0 Å². The largest absolute Gasteiger partial charge is 0.296 e. The number of allylic oxidation sites excluding steroid dienone is 2. The van der Waals surface area contributed by atoms with Gasteiger partial charge in [0, 0.05) is 25.0 Å². The SMILES string of the molecule is CCCc1ccnc(/C(C=NC)=C/C(C)C)c1. The highest BCUT2D eigenvalue weighted by Crippen LogP contribution is 2.15. The zero-order chi connectivity index (χ0) is 12.7. The molecule has 1 heterocycles. The summed E-state index contributed by atoms with van der Waals surface area (Å²) in [6.07, 6.45) is 8.24. The fourth-order valence-electron chi connectivity index (χ4n) is 1.77. The van der Waals surface area contributed by atoms with Gasteiger partial charge in [-0.1, -0.05) is 33.3 Å². The highest BCUT2D eigenvalue weighted by molar-refractivity contribution is 6.08. The average molecular weight is 230 g/mol. The standard InChI is InChI=1S/C15H22N2/c1-5-6-13-7-8-17-15(10-13)14(11-16-4)9-12(2)3/h7-12H,5-6H2,1-4H3/b14-9+,16-11?. The molecule has 0 spiro atoms. The Morgan fingerprint density at radius 2 is 2.24 bits per heavy atom. The molecule has 92 valence electrons. The van der Waals surface area contributed by atoms with Crippen LogP contribution in [0.3, 0.4) is 0 Å². The molecule has 0 aliphatic carbocycles. The van der Waals surface area contributed by atoms with E-state index in [-0.39, 0.29) is 0 Å². The van der Waals surface area contributed by atoms with E-state index in [1.807, 2.05) is 12.4 Å². The topological polar surface area (TPSA) is 25.2 Å². The van der Waals surface area contributed by atoms with Gasteiger partial charge in [0.2, 0.25) is 0 Å². The Hall–Kier alpha value is -1.44. The minimum Gasteiger partial charge on any atom is -0.296 e. The molecule has 0 unspecified atom stereocenters. The number of hydrogen-bond acceptors (Lipinski definition) is 2. The highest BCUT2D eigenvalue weighted by Gasteiger charge is 2.03. The van der Waals surface area contributed by atoms with Crippen molar-refractivity contribution in [2.45, 2.75) is 33.6 Å². The van der Waals surface area contributed by atoms with Crippen LogP contribution in [0.2, 0.25) is 0 Å². The van der Waals surface area contributed by atoms with Crippen molar-refractivity contribution in [3.8, 4) is 0 Å². The van der Waals surface area contributed by atoms with E-state index in [0.717, 1.165) is 24.1 Å². The molecule has 0 bridgehead atoms. The van der Waals surface area contributed by atoms with Crippen molar-refractivity contribution in [2.75, 3.05) is 7.05 Å². The van der Waals surface area contributed by atoms with Gasteiger partial charge in [-0.05, 0) is 30.0 Å². The molecule has 0 fully saturated rings. The number of aliphatic imine (C=N–C) groups is 1. The Balaban J connectivity index is 3.06. The van der Waals surface area contributed by atoms with Crippen molar-refractivity contribution >= 4 is 11.8 Å². The van der Waals surface area contributed by atoms with Gasteiger partial charge < -0.3 is 0 Å². The predicted molar refractivity (Wildman–Crippen MR) is 75.5 cm³/mol. The van der Waals surface area contributed by atoms with E-state index in [0.29, 0.717) is 5.92 Å². The molecule has 0 aromatic carbocycles. The Bertz CT molecular complexity index is 403. The van der Waals surface area contributed by atoms with Gasteiger partial charge in [0.1, 0.15) is 0 Å². The first-order valence-corrected chi connectivity index (χ1v) is 6.26. The molecule has 0 atom stereocenters. The van der Waals surface area contributed by atoms with Crippen molar-refractivity contribution in [3.05, 3.63) is 35.7 Å². The molecule has 17 heavy (non-hydrogen) atoms. The summed E-state index contributed by atoms with van der Waals surface area (Å²) < 4.78 is 0. The Morgan fingerprint density at radius 1 is 1.47 bits per heavy atom. The lowest BCUT2D eigenvalue weighted by atomic mass is 10.0. The van der Waals surface area contributed by atoms with Gasteiger partial charge in [0.15, 0.2) is 0 Å². The van der Waals surface area contributed by atoms with Crippen LogP contribution in [0.25, 0.3) is 5.57 Å². The second-order valence-corrected chi connectivity index (χ2v) is 4.55. The molecule has 1 aromatic heterocycles. The number of aromatic nitrogens is 1. The minimum atomic E-state index is 0.500. The van der Waals surface area contributed by atoms with Crippen molar-refractivity contribution in [3.63, 3.8) is 0 Å². The van der Waals surface area contributed by atoms with Gasteiger partial charge in [-0.3, -0.25) is 9.98 Å². The molecule has 1 aromatic rings. The number of hydrogen-bond donors (Lipinski definition) is 0. The molecular formula is C15H22N2. The normalized spacial score (nSPS) is 12.6. The molecular weight excluding hydrogens is 208 g/mol. The number of nitrogens with zero attached hydrogens (tertiary/aromatic N) is 2. The highest BCUT2D eigenvalue weighted by atomic mass is 14.7. The van der Waals surface area contributed by atoms with Gasteiger partial charge in [0.25, 0.3) is 0 Å². The lowest BCUT2D eigenvalue weighted by molar-refractivity contribution is 0.834. The number of aryl methyl sites for hydroxylation is 1. The molecule has 0 amide bonds. The summed E-state index contributed by atoms with van der Waals surface area (Å²) in [4.78, 5) is 8.54. The maximum atomic E-state index is 4.43. The number of pyridine rings is 1. The zero-order valence-electron chi connectivity index (χ0n) is 11.3. The first-order chi connectivity index (χ1) is 8.17. The van der Waals surface area contributed by atoms with Crippen LogP contribution < -0.4 is 0 Å². The van der Waals surface area contributed by atoms with Crippen molar-refractivity contribution < 1.29 is 0 Å². The fraction of sp³-hybridized carbons (Fsp3) is 0.467. The monoisotopic (exact) mass is 230 g/mol. The van der Waals surface area contributed by atoms with E-state index in [9.17, 15) is 0 Å². The van der Waals surface area contributed by atoms with Gasteiger partial charge in [-0.25, -0.2) is 0 Å². The Morgan fingerprint density at radius 3 is 2.82 bits per heavy atom. The van der Waals surface area contributed by atoms with Crippen LogP contribution in [0.5, 0.6) is 0 Å². The summed E-state index contributed by atoms with van der Waals surface area (Å²) in [6.45, 7) is 6.53. The zero-order valence-corrected chi connectivity index (χ0v) is 11.3. The third-order valence-electron chi connectivity index (χ3n) is 2.44. The van der Waals surface area contributed by atoms with Crippen LogP contribution in [0, 0.1) is 5.92 Å². The second kappa shape index (κ2) is 7.00. The maximum absolute atomic E-state index is 4.43. The van der Waals surface area contributed by atoms with E-state index >= 15 is 0 Å². The van der Waals surface area contributed by atoms with Gasteiger partial charge in [0.05, 0.1) is 5.69 Å². The van der Waals surface area contributed by atoms with Crippen molar-refractivity contribution in [1.82, 2.24) is 4.98 Å². The molecule has 0 N–H and O–H groups in total. The Labute approximate surface area is 105 Å². The lowest BCUT2D eigenvalue weighted by Gasteiger charge is -2.06. The molecule has 0 saturated carbocycles. The summed E-state index contributed by atoms with van der Waals surface area (Å²) in [5, 5.41) is 0. The smallest absolute Gasteiger partial charge is 0.0716 e. The first-order valence-electron chi connectivity index (χ1n) is 6.26. The summed E-state index contributed by atoms with van der Waals surface area (Å²) >= 11 is 0. The summed E-state index contributed by atoms with van der Waals surface area (Å²) in [5.74, 6) is 0.500. The first kappa shape index (κ1) is 13.6. The van der Waals surface area contributed by atoms with Crippen LogP contribution in [0.1, 0.15) is 38.4 Å². The van der Waals surface area contributed by atoms with Gasteiger partial charge in [-0.15, -0.1) is 0 Å². The summed E-state index contributed by atoms with van der Waals surface area (Å²) in [7, 11) is 1.80. The molecule has 0 aliphatic rings. The third-order valence-corrected chi connectivity index (χ3v) is 2.44.